The summed E-state index contributed by atoms with van der Waals surface area (Å²) in [5.74, 6) is 0. The van der Waals surface area contributed by atoms with E-state index in [9.17, 15) is 8.42 Å². The highest BCUT2D eigenvalue weighted by Crippen LogP contribution is 1.92. The first-order valence-electron chi connectivity index (χ1n) is 2.90. The number of hydrogen-bond donors (Lipinski definition) is 1. The van der Waals surface area contributed by atoms with Gasteiger partial charge in [0.1, 0.15) is 9.84 Å². The van der Waals surface area contributed by atoms with Gasteiger partial charge in [0.15, 0.2) is 0 Å². The van der Waals surface area contributed by atoms with Gasteiger partial charge in [0.25, 0.3) is 0 Å². The highest BCUT2D eigenvalue weighted by molar-refractivity contribution is 7.90. The van der Waals surface area contributed by atoms with E-state index in [2.05, 4.69) is 0 Å². The molecular weight excluding hydrogens is 154 g/mol. The third kappa shape index (κ3) is 4.72. The molecule has 0 heterocycles. The summed E-state index contributed by atoms with van der Waals surface area (Å²) in [6, 6.07) is 0. The molecule has 0 saturated carbocycles. The summed E-state index contributed by atoms with van der Waals surface area (Å²) >= 11 is 0. The molecule has 0 aliphatic heterocycles. The summed E-state index contributed by atoms with van der Waals surface area (Å²) in [6.07, 6.45) is 0.796. The van der Waals surface area contributed by atoms with E-state index in [1.54, 1.807) is 0 Å². The molecule has 2 N–H and O–H groups in total. The highest BCUT2D eigenvalue weighted by Gasteiger charge is 2.11. The van der Waals surface area contributed by atoms with Gasteiger partial charge >= 0.3 is 0 Å². The molecule has 0 rings (SSSR count). The minimum Gasteiger partial charge on any atom is -0.379 e. The van der Waals surface area contributed by atoms with Crippen LogP contribution in [0.4, 0.5) is 0 Å². The number of methoxy groups -OCH3 is 1. The van der Waals surface area contributed by atoms with Crippen LogP contribution in [0.25, 0.3) is 0 Å². The third-order valence-electron chi connectivity index (χ3n) is 1.08. The van der Waals surface area contributed by atoms with Crippen LogP contribution < -0.4 is 5.73 Å². The fraction of sp³-hybridized carbons (Fsp3) is 1.00. The average molecular weight is 167 g/mol. The van der Waals surface area contributed by atoms with E-state index in [1.807, 2.05) is 0 Å². The van der Waals surface area contributed by atoms with Crippen LogP contribution in [0.15, 0.2) is 0 Å². The lowest BCUT2D eigenvalue weighted by Gasteiger charge is -2.09. The fourth-order valence-corrected chi connectivity index (χ4v) is 1.52. The Morgan fingerprint density at radius 1 is 1.60 bits per heavy atom. The summed E-state index contributed by atoms with van der Waals surface area (Å²) < 4.78 is 26.0. The maximum Gasteiger partial charge on any atom is 0.150 e. The fourth-order valence-electron chi connectivity index (χ4n) is 0.570. The first kappa shape index (κ1) is 9.87. The van der Waals surface area contributed by atoms with Crippen molar-refractivity contribution in [2.75, 3.05) is 25.7 Å². The van der Waals surface area contributed by atoms with Gasteiger partial charge in [-0.3, -0.25) is 0 Å². The molecule has 0 saturated heterocycles. The molecule has 0 spiro atoms. The standard InChI is InChI=1S/C5H13NO3S/c1-9-5(3-6)4-10(2,7)8/h5H,3-4,6H2,1-2H3. The lowest BCUT2D eigenvalue weighted by molar-refractivity contribution is 0.127. The van der Waals surface area contributed by atoms with Gasteiger partial charge in [-0.1, -0.05) is 0 Å². The first-order chi connectivity index (χ1) is 4.49. The second-order valence-electron chi connectivity index (χ2n) is 2.19. The Balaban J connectivity index is 3.87. The predicted octanol–water partition coefficient (Wildman–Crippen LogP) is -0.995. The largest absolute Gasteiger partial charge is 0.379 e. The molecule has 0 fully saturated rings. The predicted molar refractivity (Wildman–Crippen MR) is 39.6 cm³/mol. The van der Waals surface area contributed by atoms with Crippen molar-refractivity contribution < 1.29 is 13.2 Å². The van der Waals surface area contributed by atoms with E-state index < -0.39 is 9.84 Å². The van der Waals surface area contributed by atoms with Crippen molar-refractivity contribution in [2.24, 2.45) is 5.73 Å². The number of hydrogen-bond acceptors (Lipinski definition) is 4. The quantitative estimate of drug-likeness (QED) is 0.583. The molecule has 1 atom stereocenters. The molecule has 62 valence electrons. The van der Waals surface area contributed by atoms with Crippen LogP contribution in [0.1, 0.15) is 0 Å². The minimum atomic E-state index is -2.95. The topological polar surface area (TPSA) is 69.4 Å². The first-order valence-corrected chi connectivity index (χ1v) is 4.96. The average Bonchev–Trinajstić information content (AvgIpc) is 1.81. The summed E-state index contributed by atoms with van der Waals surface area (Å²) in [7, 11) is -1.51. The van der Waals surface area contributed by atoms with Gasteiger partial charge in [0, 0.05) is 19.9 Å². The number of sulfone groups is 1. The Hall–Kier alpha value is -0.130. The van der Waals surface area contributed by atoms with Crippen molar-refractivity contribution in [3.8, 4) is 0 Å². The van der Waals surface area contributed by atoms with E-state index in [0.717, 1.165) is 6.26 Å². The van der Waals surface area contributed by atoms with Crippen LogP contribution in [-0.4, -0.2) is 40.2 Å². The van der Waals surface area contributed by atoms with Crippen LogP contribution >= 0.6 is 0 Å². The van der Waals surface area contributed by atoms with Crippen molar-refractivity contribution >= 4 is 9.84 Å². The lowest BCUT2D eigenvalue weighted by atomic mass is 10.4. The van der Waals surface area contributed by atoms with Gasteiger partial charge < -0.3 is 10.5 Å². The van der Waals surface area contributed by atoms with Gasteiger partial charge in [-0.2, -0.15) is 0 Å². The van der Waals surface area contributed by atoms with Crippen molar-refractivity contribution in [3.63, 3.8) is 0 Å². The van der Waals surface area contributed by atoms with Crippen molar-refractivity contribution in [3.05, 3.63) is 0 Å². The number of rotatable bonds is 4. The van der Waals surface area contributed by atoms with Crippen molar-refractivity contribution in [1.29, 1.82) is 0 Å². The normalized spacial score (nSPS) is 15.1. The molecule has 0 aromatic carbocycles. The zero-order valence-corrected chi connectivity index (χ0v) is 7.02. The monoisotopic (exact) mass is 167 g/mol. The van der Waals surface area contributed by atoms with E-state index in [4.69, 9.17) is 10.5 Å². The molecule has 0 bridgehead atoms. The van der Waals surface area contributed by atoms with Crippen LogP contribution in [0.2, 0.25) is 0 Å². The summed E-state index contributed by atoms with van der Waals surface area (Å²) in [5.41, 5.74) is 5.20. The molecular formula is C5H13NO3S. The molecule has 0 amide bonds. The van der Waals surface area contributed by atoms with Crippen molar-refractivity contribution in [2.45, 2.75) is 6.10 Å². The van der Waals surface area contributed by atoms with E-state index >= 15 is 0 Å². The van der Waals surface area contributed by atoms with Gasteiger partial charge in [-0.15, -0.1) is 0 Å². The zero-order valence-electron chi connectivity index (χ0n) is 6.20. The smallest absolute Gasteiger partial charge is 0.150 e. The Morgan fingerprint density at radius 3 is 2.20 bits per heavy atom. The molecule has 4 nitrogen and oxygen atoms in total. The second-order valence-corrected chi connectivity index (χ2v) is 4.37. The van der Waals surface area contributed by atoms with Crippen LogP contribution in [0.5, 0.6) is 0 Å². The molecule has 0 aromatic heterocycles. The Labute approximate surface area is 61.3 Å². The van der Waals surface area contributed by atoms with Gasteiger partial charge in [-0.05, 0) is 0 Å². The second kappa shape index (κ2) is 3.90. The molecule has 0 aliphatic carbocycles. The summed E-state index contributed by atoms with van der Waals surface area (Å²) in [6.45, 7) is 0.240. The number of nitrogens with two attached hydrogens (primary N) is 1. The Bertz CT molecular complexity index is 171. The van der Waals surface area contributed by atoms with Gasteiger partial charge in [-0.25, -0.2) is 8.42 Å². The van der Waals surface area contributed by atoms with Crippen LogP contribution in [-0.2, 0) is 14.6 Å². The molecule has 0 aromatic rings. The molecule has 1 unspecified atom stereocenters. The minimum absolute atomic E-state index is 0. The summed E-state index contributed by atoms with van der Waals surface area (Å²) in [5, 5.41) is 0. The SMILES string of the molecule is COC(CN)CS(C)(=O)=O. The Morgan fingerprint density at radius 2 is 2.10 bits per heavy atom. The van der Waals surface area contributed by atoms with E-state index in [0.29, 0.717) is 0 Å². The number of ether oxygens (including phenoxy) is 1. The molecule has 0 aliphatic rings. The van der Waals surface area contributed by atoms with Crippen LogP contribution in [0, 0.1) is 0 Å². The van der Waals surface area contributed by atoms with E-state index in [-0.39, 0.29) is 18.4 Å². The molecule has 5 heteroatoms. The molecule has 10 heavy (non-hydrogen) atoms. The molecule has 0 radical (unpaired) electrons. The lowest BCUT2D eigenvalue weighted by Crippen LogP contribution is -2.29. The van der Waals surface area contributed by atoms with E-state index in [1.165, 1.54) is 7.11 Å². The highest BCUT2D eigenvalue weighted by atomic mass is 32.2. The van der Waals surface area contributed by atoms with Gasteiger partial charge in [0.2, 0.25) is 0 Å². The Kier molecular flexibility index (Phi) is 3.85. The van der Waals surface area contributed by atoms with Crippen LogP contribution in [0.3, 0.4) is 0 Å². The zero-order chi connectivity index (χ0) is 8.20. The van der Waals surface area contributed by atoms with Gasteiger partial charge in [0.05, 0.1) is 11.9 Å². The maximum atomic E-state index is 10.6. The summed E-state index contributed by atoms with van der Waals surface area (Å²) in [4.78, 5) is 0. The van der Waals surface area contributed by atoms with Crippen molar-refractivity contribution in [1.82, 2.24) is 0 Å². The maximum absolute atomic E-state index is 10.6. The third-order valence-corrected chi connectivity index (χ3v) is 2.06.